The number of carbonyl (C=O) groups excluding carboxylic acids is 2. The molecule has 3 rings (SSSR count). The van der Waals surface area contributed by atoms with Crippen molar-refractivity contribution in [2.45, 2.75) is 27.3 Å². The first-order chi connectivity index (χ1) is 13.4. The Balaban J connectivity index is 1.62. The molecular weight excluding hydrogens is 348 g/mol. The van der Waals surface area contributed by atoms with Crippen LogP contribution in [0, 0.1) is 20.8 Å². The molecule has 3 aromatic rings. The van der Waals surface area contributed by atoms with Crippen molar-refractivity contribution in [1.29, 1.82) is 0 Å². The molecule has 0 unspecified atom stereocenters. The average Bonchev–Trinajstić information content (AvgIpc) is 2.68. The summed E-state index contributed by atoms with van der Waals surface area (Å²) in [6, 6.07) is 20.6. The Morgan fingerprint density at radius 3 is 2.04 bits per heavy atom. The fourth-order valence-corrected chi connectivity index (χ4v) is 3.03. The third kappa shape index (κ3) is 4.86. The first kappa shape index (κ1) is 19.4. The molecule has 0 radical (unpaired) electrons. The van der Waals surface area contributed by atoms with E-state index in [2.05, 4.69) is 10.6 Å². The highest BCUT2D eigenvalue weighted by molar-refractivity contribution is 6.05. The number of hydrogen-bond acceptors (Lipinski definition) is 2. The number of amides is 2. The molecule has 0 saturated carbocycles. The average molecular weight is 372 g/mol. The van der Waals surface area contributed by atoms with Gasteiger partial charge in [-0.05, 0) is 62.2 Å². The Kier molecular flexibility index (Phi) is 5.90. The minimum Gasteiger partial charge on any atom is -0.348 e. The molecule has 4 heteroatoms. The second-order valence-electron chi connectivity index (χ2n) is 7.02. The Morgan fingerprint density at radius 1 is 0.750 bits per heavy atom. The zero-order valence-corrected chi connectivity index (χ0v) is 16.4. The van der Waals surface area contributed by atoms with Gasteiger partial charge in [0.05, 0.1) is 0 Å². The van der Waals surface area contributed by atoms with Crippen molar-refractivity contribution in [3.63, 3.8) is 0 Å². The van der Waals surface area contributed by atoms with Crippen molar-refractivity contribution in [2.75, 3.05) is 5.32 Å². The van der Waals surface area contributed by atoms with Crippen LogP contribution in [-0.2, 0) is 6.54 Å². The largest absolute Gasteiger partial charge is 0.348 e. The van der Waals surface area contributed by atoms with Gasteiger partial charge in [-0.3, -0.25) is 9.59 Å². The lowest BCUT2D eigenvalue weighted by molar-refractivity contribution is 0.0949. The standard InChI is InChI=1S/C24H24N2O2/c1-16-5-4-6-19(14-16)15-25-23(27)20-8-10-21(11-9-20)24(28)26-22-12-7-17(2)13-18(22)3/h4-14H,15H2,1-3H3,(H,25,27)(H,26,28). The van der Waals surface area contributed by atoms with Gasteiger partial charge in [0.2, 0.25) is 0 Å². The van der Waals surface area contributed by atoms with Gasteiger partial charge in [0.25, 0.3) is 11.8 Å². The van der Waals surface area contributed by atoms with Crippen LogP contribution in [-0.4, -0.2) is 11.8 Å². The molecule has 0 atom stereocenters. The lowest BCUT2D eigenvalue weighted by atomic mass is 10.1. The molecule has 0 fully saturated rings. The van der Waals surface area contributed by atoms with Gasteiger partial charge >= 0.3 is 0 Å². The first-order valence-electron chi connectivity index (χ1n) is 9.25. The predicted octanol–water partition coefficient (Wildman–Crippen LogP) is 4.79. The van der Waals surface area contributed by atoms with Crippen LogP contribution in [0.4, 0.5) is 5.69 Å². The van der Waals surface area contributed by atoms with E-state index in [-0.39, 0.29) is 11.8 Å². The van der Waals surface area contributed by atoms with E-state index in [1.54, 1.807) is 24.3 Å². The molecule has 28 heavy (non-hydrogen) atoms. The maximum absolute atomic E-state index is 12.5. The smallest absolute Gasteiger partial charge is 0.255 e. The van der Waals surface area contributed by atoms with Crippen LogP contribution in [0.5, 0.6) is 0 Å². The number of benzene rings is 3. The van der Waals surface area contributed by atoms with Crippen molar-refractivity contribution in [3.05, 3.63) is 100 Å². The maximum Gasteiger partial charge on any atom is 0.255 e. The summed E-state index contributed by atoms with van der Waals surface area (Å²) in [6.45, 7) is 6.47. The molecule has 0 aliphatic heterocycles. The summed E-state index contributed by atoms with van der Waals surface area (Å²) in [6.07, 6.45) is 0. The third-order valence-electron chi connectivity index (χ3n) is 4.57. The normalized spacial score (nSPS) is 10.4. The number of anilines is 1. The number of hydrogen-bond donors (Lipinski definition) is 2. The van der Waals surface area contributed by atoms with Crippen LogP contribution in [0.15, 0.2) is 66.7 Å². The monoisotopic (exact) mass is 372 g/mol. The molecule has 2 amide bonds. The summed E-state index contributed by atoms with van der Waals surface area (Å²) >= 11 is 0. The molecule has 0 aromatic heterocycles. The zero-order valence-electron chi connectivity index (χ0n) is 16.4. The highest BCUT2D eigenvalue weighted by atomic mass is 16.2. The van der Waals surface area contributed by atoms with Crippen LogP contribution in [0.3, 0.4) is 0 Å². The van der Waals surface area contributed by atoms with Crippen molar-refractivity contribution < 1.29 is 9.59 Å². The third-order valence-corrected chi connectivity index (χ3v) is 4.57. The van der Waals surface area contributed by atoms with Crippen molar-refractivity contribution in [3.8, 4) is 0 Å². The van der Waals surface area contributed by atoms with E-state index >= 15 is 0 Å². The van der Waals surface area contributed by atoms with E-state index in [9.17, 15) is 9.59 Å². The van der Waals surface area contributed by atoms with Crippen molar-refractivity contribution in [1.82, 2.24) is 5.32 Å². The highest BCUT2D eigenvalue weighted by Gasteiger charge is 2.10. The van der Waals surface area contributed by atoms with Gasteiger partial charge in [-0.15, -0.1) is 0 Å². The minimum absolute atomic E-state index is 0.164. The lowest BCUT2D eigenvalue weighted by Gasteiger charge is -2.10. The van der Waals surface area contributed by atoms with Gasteiger partial charge in [0, 0.05) is 23.4 Å². The van der Waals surface area contributed by atoms with Crippen LogP contribution >= 0.6 is 0 Å². The van der Waals surface area contributed by atoms with Gasteiger partial charge < -0.3 is 10.6 Å². The highest BCUT2D eigenvalue weighted by Crippen LogP contribution is 2.17. The second kappa shape index (κ2) is 8.53. The molecule has 2 N–H and O–H groups in total. The predicted molar refractivity (Wildman–Crippen MR) is 113 cm³/mol. The molecule has 0 saturated heterocycles. The van der Waals surface area contributed by atoms with Gasteiger partial charge in [-0.2, -0.15) is 0 Å². The summed E-state index contributed by atoms with van der Waals surface area (Å²) < 4.78 is 0. The van der Waals surface area contributed by atoms with E-state index < -0.39 is 0 Å². The van der Waals surface area contributed by atoms with Crippen LogP contribution in [0.25, 0.3) is 0 Å². The van der Waals surface area contributed by atoms with E-state index in [0.29, 0.717) is 17.7 Å². The van der Waals surface area contributed by atoms with Gasteiger partial charge in [-0.25, -0.2) is 0 Å². The van der Waals surface area contributed by atoms with Gasteiger partial charge in [-0.1, -0.05) is 47.5 Å². The van der Waals surface area contributed by atoms with Crippen LogP contribution in [0.1, 0.15) is 43.0 Å². The van der Waals surface area contributed by atoms with E-state index in [0.717, 1.165) is 27.9 Å². The second-order valence-corrected chi connectivity index (χ2v) is 7.02. The Bertz CT molecular complexity index is 1010. The molecule has 4 nitrogen and oxygen atoms in total. The summed E-state index contributed by atoms with van der Waals surface area (Å²) in [5, 5.41) is 5.82. The van der Waals surface area contributed by atoms with E-state index in [1.165, 1.54) is 0 Å². The maximum atomic E-state index is 12.5. The van der Waals surface area contributed by atoms with Crippen molar-refractivity contribution in [2.24, 2.45) is 0 Å². The van der Waals surface area contributed by atoms with Gasteiger partial charge in [0.15, 0.2) is 0 Å². The Labute approximate surface area is 165 Å². The quantitative estimate of drug-likeness (QED) is 0.676. The summed E-state index contributed by atoms with van der Waals surface area (Å²) in [4.78, 5) is 24.8. The van der Waals surface area contributed by atoms with E-state index in [4.69, 9.17) is 0 Å². The fourth-order valence-electron chi connectivity index (χ4n) is 3.03. The molecule has 0 heterocycles. The zero-order chi connectivity index (χ0) is 20.1. The van der Waals surface area contributed by atoms with Crippen molar-refractivity contribution >= 4 is 17.5 Å². The molecule has 0 bridgehead atoms. The number of rotatable bonds is 5. The minimum atomic E-state index is -0.196. The van der Waals surface area contributed by atoms with Crippen LogP contribution < -0.4 is 10.6 Å². The molecule has 0 aliphatic rings. The Morgan fingerprint density at radius 2 is 1.39 bits per heavy atom. The van der Waals surface area contributed by atoms with Gasteiger partial charge in [0.1, 0.15) is 0 Å². The molecule has 0 aliphatic carbocycles. The first-order valence-corrected chi connectivity index (χ1v) is 9.25. The molecule has 0 spiro atoms. The topological polar surface area (TPSA) is 58.2 Å². The lowest BCUT2D eigenvalue weighted by Crippen LogP contribution is -2.23. The fraction of sp³-hybridized carbons (Fsp3) is 0.167. The molecule has 3 aromatic carbocycles. The summed E-state index contributed by atoms with van der Waals surface area (Å²) in [7, 11) is 0. The summed E-state index contributed by atoms with van der Waals surface area (Å²) in [5.41, 5.74) is 6.20. The SMILES string of the molecule is Cc1cccc(CNC(=O)c2ccc(C(=O)Nc3ccc(C)cc3C)cc2)c1. The summed E-state index contributed by atoms with van der Waals surface area (Å²) in [5.74, 6) is -0.360. The van der Waals surface area contributed by atoms with E-state index in [1.807, 2.05) is 63.2 Å². The number of aryl methyl sites for hydroxylation is 3. The number of nitrogens with one attached hydrogen (secondary N) is 2. The van der Waals surface area contributed by atoms with Crippen LogP contribution in [0.2, 0.25) is 0 Å². The Hall–Kier alpha value is -3.40. The molecule has 142 valence electrons. The number of carbonyl (C=O) groups is 2. The molecular formula is C24H24N2O2.